The van der Waals surface area contributed by atoms with Gasteiger partial charge in [0.15, 0.2) is 0 Å². The lowest BCUT2D eigenvalue weighted by molar-refractivity contribution is 0.496. The standard InChI is InChI=1S/C10H15N3/c1-8(2)9(6-11)7-13-10-4-3-5-12-10/h3-5,8-9,12-13H,7H2,1-2H3. The molecule has 0 aromatic carbocycles. The van der Waals surface area contributed by atoms with Crippen LogP contribution in [0.3, 0.4) is 0 Å². The van der Waals surface area contributed by atoms with Crippen LogP contribution in [0.4, 0.5) is 5.82 Å². The summed E-state index contributed by atoms with van der Waals surface area (Å²) < 4.78 is 0. The molecule has 2 N–H and O–H groups in total. The summed E-state index contributed by atoms with van der Waals surface area (Å²) in [5.74, 6) is 1.44. The van der Waals surface area contributed by atoms with Crippen molar-refractivity contribution in [3.8, 4) is 6.07 Å². The van der Waals surface area contributed by atoms with Crippen molar-refractivity contribution >= 4 is 5.82 Å². The summed E-state index contributed by atoms with van der Waals surface area (Å²) in [6.07, 6.45) is 1.86. The SMILES string of the molecule is CC(C)C(C#N)CNc1ccc[nH]1. The first-order valence-corrected chi connectivity index (χ1v) is 4.51. The van der Waals surface area contributed by atoms with Crippen LogP contribution in [0.2, 0.25) is 0 Å². The van der Waals surface area contributed by atoms with Crippen LogP contribution in [0.15, 0.2) is 18.3 Å². The summed E-state index contributed by atoms with van der Waals surface area (Å²) in [5.41, 5.74) is 0. The largest absolute Gasteiger partial charge is 0.370 e. The summed E-state index contributed by atoms with van der Waals surface area (Å²) in [4.78, 5) is 3.03. The second kappa shape index (κ2) is 4.56. The minimum Gasteiger partial charge on any atom is -0.370 e. The average Bonchev–Trinajstić information content (AvgIpc) is 2.57. The Morgan fingerprint density at radius 2 is 2.38 bits per heavy atom. The molecule has 0 saturated carbocycles. The fourth-order valence-corrected chi connectivity index (χ4v) is 1.09. The van der Waals surface area contributed by atoms with E-state index >= 15 is 0 Å². The highest BCUT2D eigenvalue weighted by Crippen LogP contribution is 2.10. The second-order valence-electron chi connectivity index (χ2n) is 3.44. The Hall–Kier alpha value is -1.43. The van der Waals surface area contributed by atoms with Crippen molar-refractivity contribution in [3.63, 3.8) is 0 Å². The van der Waals surface area contributed by atoms with Gasteiger partial charge in [0.1, 0.15) is 5.82 Å². The molecule has 0 radical (unpaired) electrons. The van der Waals surface area contributed by atoms with Crippen molar-refractivity contribution in [3.05, 3.63) is 18.3 Å². The van der Waals surface area contributed by atoms with E-state index in [0.29, 0.717) is 12.5 Å². The number of hydrogen-bond acceptors (Lipinski definition) is 2. The Morgan fingerprint density at radius 3 is 2.85 bits per heavy atom. The number of nitrogens with one attached hydrogen (secondary N) is 2. The van der Waals surface area contributed by atoms with Crippen LogP contribution in [0.1, 0.15) is 13.8 Å². The van der Waals surface area contributed by atoms with Crippen LogP contribution >= 0.6 is 0 Å². The third-order valence-electron chi connectivity index (χ3n) is 2.08. The molecule has 3 nitrogen and oxygen atoms in total. The molecule has 1 aromatic rings. The van der Waals surface area contributed by atoms with E-state index < -0.39 is 0 Å². The fraction of sp³-hybridized carbons (Fsp3) is 0.500. The second-order valence-corrected chi connectivity index (χ2v) is 3.44. The average molecular weight is 177 g/mol. The number of H-pyrrole nitrogens is 1. The van der Waals surface area contributed by atoms with Crippen molar-refractivity contribution in [2.24, 2.45) is 11.8 Å². The van der Waals surface area contributed by atoms with Crippen LogP contribution in [0.25, 0.3) is 0 Å². The summed E-state index contributed by atoms with van der Waals surface area (Å²) in [7, 11) is 0. The molecule has 1 rings (SSSR count). The minimum absolute atomic E-state index is 0.0725. The van der Waals surface area contributed by atoms with E-state index in [4.69, 9.17) is 5.26 Å². The molecule has 0 amide bonds. The topological polar surface area (TPSA) is 51.6 Å². The zero-order valence-corrected chi connectivity index (χ0v) is 8.04. The molecule has 1 unspecified atom stereocenters. The molecule has 0 aliphatic carbocycles. The first kappa shape index (κ1) is 9.66. The van der Waals surface area contributed by atoms with Crippen LogP contribution in [-0.2, 0) is 0 Å². The first-order valence-electron chi connectivity index (χ1n) is 4.51. The lowest BCUT2D eigenvalue weighted by Gasteiger charge is -2.13. The molecule has 0 aliphatic heterocycles. The van der Waals surface area contributed by atoms with E-state index in [-0.39, 0.29) is 5.92 Å². The van der Waals surface area contributed by atoms with Gasteiger partial charge in [-0.2, -0.15) is 5.26 Å². The smallest absolute Gasteiger partial charge is 0.103 e. The van der Waals surface area contributed by atoms with Gasteiger partial charge in [-0.1, -0.05) is 13.8 Å². The fourth-order valence-electron chi connectivity index (χ4n) is 1.09. The van der Waals surface area contributed by atoms with E-state index in [0.717, 1.165) is 5.82 Å². The van der Waals surface area contributed by atoms with E-state index in [9.17, 15) is 0 Å². The van der Waals surface area contributed by atoms with Crippen LogP contribution in [0.5, 0.6) is 0 Å². The van der Waals surface area contributed by atoms with Gasteiger partial charge in [0.05, 0.1) is 12.0 Å². The first-order chi connectivity index (χ1) is 6.24. The Morgan fingerprint density at radius 1 is 1.62 bits per heavy atom. The van der Waals surface area contributed by atoms with Gasteiger partial charge in [-0.05, 0) is 18.1 Å². The van der Waals surface area contributed by atoms with Gasteiger partial charge < -0.3 is 10.3 Å². The monoisotopic (exact) mass is 177 g/mol. The maximum absolute atomic E-state index is 8.82. The van der Waals surface area contributed by atoms with Crippen molar-refractivity contribution in [2.45, 2.75) is 13.8 Å². The Balaban J connectivity index is 2.38. The van der Waals surface area contributed by atoms with Crippen molar-refractivity contribution in [2.75, 3.05) is 11.9 Å². The third-order valence-corrected chi connectivity index (χ3v) is 2.08. The summed E-state index contributed by atoms with van der Waals surface area (Å²) in [5, 5.41) is 12.0. The van der Waals surface area contributed by atoms with Gasteiger partial charge in [-0.3, -0.25) is 0 Å². The predicted octanol–water partition coefficient (Wildman–Crippen LogP) is 2.22. The molecule has 3 heteroatoms. The lowest BCUT2D eigenvalue weighted by atomic mass is 9.98. The van der Waals surface area contributed by atoms with Gasteiger partial charge in [0, 0.05) is 12.7 Å². The Kier molecular flexibility index (Phi) is 3.39. The molecule has 0 spiro atoms. The maximum atomic E-state index is 8.82. The number of anilines is 1. The van der Waals surface area contributed by atoms with Crippen molar-refractivity contribution in [1.29, 1.82) is 5.26 Å². The van der Waals surface area contributed by atoms with E-state index in [1.807, 2.05) is 18.3 Å². The highest BCUT2D eigenvalue weighted by atomic mass is 15.0. The normalized spacial score (nSPS) is 12.5. The van der Waals surface area contributed by atoms with Crippen LogP contribution in [0, 0.1) is 23.2 Å². The van der Waals surface area contributed by atoms with Crippen LogP contribution < -0.4 is 5.32 Å². The highest BCUT2D eigenvalue weighted by molar-refractivity contribution is 5.34. The molecule has 70 valence electrons. The molecule has 0 aliphatic rings. The quantitative estimate of drug-likeness (QED) is 0.741. The molecule has 0 bridgehead atoms. The number of nitriles is 1. The molecule has 1 atom stereocenters. The summed E-state index contributed by atoms with van der Waals surface area (Å²) in [6, 6.07) is 6.17. The van der Waals surface area contributed by atoms with Crippen LogP contribution in [-0.4, -0.2) is 11.5 Å². The van der Waals surface area contributed by atoms with Crippen molar-refractivity contribution in [1.82, 2.24) is 4.98 Å². The van der Waals surface area contributed by atoms with E-state index in [1.54, 1.807) is 0 Å². The molecule has 0 fully saturated rings. The molecule has 13 heavy (non-hydrogen) atoms. The minimum atomic E-state index is 0.0725. The maximum Gasteiger partial charge on any atom is 0.103 e. The molecular formula is C10H15N3. The number of nitrogens with zero attached hydrogens (tertiary/aromatic N) is 1. The van der Waals surface area contributed by atoms with E-state index in [1.165, 1.54) is 0 Å². The zero-order valence-electron chi connectivity index (χ0n) is 8.04. The lowest BCUT2D eigenvalue weighted by Crippen LogP contribution is -2.17. The summed E-state index contributed by atoms with van der Waals surface area (Å²) in [6.45, 7) is 4.82. The van der Waals surface area contributed by atoms with Gasteiger partial charge in [-0.15, -0.1) is 0 Å². The zero-order chi connectivity index (χ0) is 9.68. The van der Waals surface area contributed by atoms with Gasteiger partial charge in [0.2, 0.25) is 0 Å². The number of hydrogen-bond donors (Lipinski definition) is 2. The Bertz CT molecular complexity index is 269. The number of rotatable bonds is 4. The molecule has 0 saturated heterocycles. The number of aromatic nitrogens is 1. The molecule has 1 aromatic heterocycles. The van der Waals surface area contributed by atoms with Crippen molar-refractivity contribution < 1.29 is 0 Å². The Labute approximate surface area is 78.8 Å². The van der Waals surface area contributed by atoms with Gasteiger partial charge in [-0.25, -0.2) is 0 Å². The predicted molar refractivity (Wildman–Crippen MR) is 53.2 cm³/mol. The van der Waals surface area contributed by atoms with Gasteiger partial charge >= 0.3 is 0 Å². The summed E-state index contributed by atoms with van der Waals surface area (Å²) >= 11 is 0. The van der Waals surface area contributed by atoms with E-state index in [2.05, 4.69) is 30.2 Å². The highest BCUT2D eigenvalue weighted by Gasteiger charge is 2.11. The third kappa shape index (κ3) is 2.83. The number of aromatic amines is 1. The molecular weight excluding hydrogens is 162 g/mol. The molecule has 1 heterocycles. The van der Waals surface area contributed by atoms with Gasteiger partial charge in [0.25, 0.3) is 0 Å².